The van der Waals surface area contributed by atoms with Crippen molar-refractivity contribution in [2.24, 2.45) is 0 Å². The Bertz CT molecular complexity index is 388. The first-order valence-electron chi connectivity index (χ1n) is 5.55. The van der Waals surface area contributed by atoms with Gasteiger partial charge >= 0.3 is 16.3 Å². The van der Waals surface area contributed by atoms with Crippen molar-refractivity contribution in [3.05, 3.63) is 0 Å². The molecule has 2 atom stereocenters. The molecule has 0 aromatic rings. The van der Waals surface area contributed by atoms with Crippen LogP contribution in [0.15, 0.2) is 0 Å². The summed E-state index contributed by atoms with van der Waals surface area (Å²) in [7, 11) is -3.91. The highest BCUT2D eigenvalue weighted by Gasteiger charge is 2.33. The number of nitrogens with one attached hydrogen (secondary N) is 1. The van der Waals surface area contributed by atoms with Crippen LogP contribution < -0.4 is 4.72 Å². The largest absolute Gasteiger partial charge is 0.449 e. The molecule has 0 saturated carbocycles. The quantitative estimate of drug-likeness (QED) is 0.755. The highest BCUT2D eigenvalue weighted by Crippen LogP contribution is 2.14. The molecule has 1 saturated heterocycles. The Balaban J connectivity index is 2.69. The van der Waals surface area contributed by atoms with Gasteiger partial charge in [-0.2, -0.15) is 12.7 Å². The second-order valence-corrected chi connectivity index (χ2v) is 5.85. The molecule has 0 aliphatic carbocycles. The molecule has 7 nitrogen and oxygen atoms in total. The van der Waals surface area contributed by atoms with Gasteiger partial charge in [0.25, 0.3) is 0 Å². The average Bonchev–Trinajstić information content (AvgIpc) is 2.27. The van der Waals surface area contributed by atoms with Gasteiger partial charge in [-0.15, -0.1) is 11.6 Å². The van der Waals surface area contributed by atoms with Crippen LogP contribution in [-0.2, 0) is 19.7 Å². The van der Waals surface area contributed by atoms with Gasteiger partial charge in [0.05, 0.1) is 18.8 Å². The number of carbonyl (C=O) groups is 1. The molecule has 1 aliphatic rings. The van der Waals surface area contributed by atoms with Gasteiger partial charge in [0.15, 0.2) is 0 Å². The van der Waals surface area contributed by atoms with Crippen molar-refractivity contribution in [2.45, 2.75) is 26.1 Å². The van der Waals surface area contributed by atoms with Gasteiger partial charge in [-0.1, -0.05) is 0 Å². The minimum Gasteiger partial charge on any atom is -0.449 e. The van der Waals surface area contributed by atoms with E-state index in [1.165, 1.54) is 0 Å². The highest BCUT2D eigenvalue weighted by molar-refractivity contribution is 7.87. The SMILES string of the molecule is CCOC(=O)NS(=O)(=O)N1CC(C)OC(CCl)C1. The van der Waals surface area contributed by atoms with E-state index in [2.05, 4.69) is 4.74 Å². The number of ether oxygens (including phenoxy) is 2. The normalized spacial score (nSPS) is 25.7. The Morgan fingerprint density at radius 3 is 2.78 bits per heavy atom. The summed E-state index contributed by atoms with van der Waals surface area (Å²) in [5, 5.41) is 0. The molecule has 1 fully saturated rings. The van der Waals surface area contributed by atoms with E-state index in [4.69, 9.17) is 16.3 Å². The Labute approximate surface area is 112 Å². The molecule has 1 amide bonds. The summed E-state index contributed by atoms with van der Waals surface area (Å²) in [6, 6.07) is 0. The van der Waals surface area contributed by atoms with E-state index in [0.717, 1.165) is 4.31 Å². The van der Waals surface area contributed by atoms with Crippen molar-refractivity contribution in [3.8, 4) is 0 Å². The Morgan fingerprint density at radius 2 is 2.22 bits per heavy atom. The summed E-state index contributed by atoms with van der Waals surface area (Å²) in [6.45, 7) is 3.72. The topological polar surface area (TPSA) is 84.9 Å². The second-order valence-electron chi connectivity index (χ2n) is 3.87. The van der Waals surface area contributed by atoms with Gasteiger partial charge in [0.2, 0.25) is 0 Å². The summed E-state index contributed by atoms with van der Waals surface area (Å²) in [5.74, 6) is 0.190. The summed E-state index contributed by atoms with van der Waals surface area (Å²) in [5.41, 5.74) is 0. The number of hydrogen-bond acceptors (Lipinski definition) is 5. The Hall–Kier alpha value is -0.570. The third-order valence-corrected chi connectivity index (χ3v) is 4.04. The number of hydrogen-bond donors (Lipinski definition) is 1. The smallest absolute Gasteiger partial charge is 0.421 e. The maximum absolute atomic E-state index is 11.9. The van der Waals surface area contributed by atoms with Crippen molar-refractivity contribution < 1.29 is 22.7 Å². The Morgan fingerprint density at radius 1 is 1.56 bits per heavy atom. The van der Waals surface area contributed by atoms with Crippen molar-refractivity contribution >= 4 is 27.9 Å². The van der Waals surface area contributed by atoms with E-state index in [1.807, 2.05) is 4.72 Å². The molecule has 0 radical (unpaired) electrons. The first-order valence-corrected chi connectivity index (χ1v) is 7.52. The Kier molecular flexibility index (Phi) is 5.64. The van der Waals surface area contributed by atoms with Crippen LogP contribution in [0.4, 0.5) is 4.79 Å². The van der Waals surface area contributed by atoms with Gasteiger partial charge < -0.3 is 9.47 Å². The van der Waals surface area contributed by atoms with E-state index < -0.39 is 16.3 Å². The first-order chi connectivity index (χ1) is 8.39. The maximum atomic E-state index is 11.9. The molecule has 106 valence electrons. The number of carbonyl (C=O) groups excluding carboxylic acids is 1. The van der Waals surface area contributed by atoms with Crippen LogP contribution in [0.25, 0.3) is 0 Å². The molecule has 0 aromatic carbocycles. The number of amides is 1. The average molecular weight is 301 g/mol. The zero-order chi connectivity index (χ0) is 13.8. The van der Waals surface area contributed by atoms with Crippen LogP contribution in [-0.4, -0.2) is 56.6 Å². The molecule has 0 bridgehead atoms. The number of rotatable bonds is 4. The van der Waals surface area contributed by atoms with E-state index in [0.29, 0.717) is 0 Å². The van der Waals surface area contributed by atoms with E-state index in [9.17, 15) is 13.2 Å². The first kappa shape index (κ1) is 15.5. The minimum absolute atomic E-state index is 0.102. The predicted molar refractivity (Wildman–Crippen MR) is 65.7 cm³/mol. The van der Waals surface area contributed by atoms with Gasteiger partial charge in [0.1, 0.15) is 0 Å². The number of alkyl halides is 1. The molecule has 9 heteroatoms. The summed E-state index contributed by atoms with van der Waals surface area (Å²) in [6.07, 6.45) is -1.64. The van der Waals surface area contributed by atoms with Crippen LogP contribution in [0.3, 0.4) is 0 Å². The van der Waals surface area contributed by atoms with Crippen molar-refractivity contribution in [2.75, 3.05) is 25.6 Å². The van der Waals surface area contributed by atoms with E-state index >= 15 is 0 Å². The van der Waals surface area contributed by atoms with Gasteiger partial charge in [0, 0.05) is 19.0 Å². The maximum Gasteiger partial charge on any atom is 0.421 e. The molecule has 0 aromatic heterocycles. The standard InChI is InChI=1S/C9H17ClN2O5S/c1-3-16-9(13)11-18(14,15)12-5-7(2)17-8(4-10)6-12/h7-8H,3-6H2,1-2H3,(H,11,13). The van der Waals surface area contributed by atoms with Crippen LogP contribution in [0.5, 0.6) is 0 Å². The molecule has 2 unspecified atom stereocenters. The van der Waals surface area contributed by atoms with Gasteiger partial charge in [-0.25, -0.2) is 9.52 Å². The summed E-state index contributed by atoms with van der Waals surface area (Å²) >= 11 is 5.66. The highest BCUT2D eigenvalue weighted by atomic mass is 35.5. The van der Waals surface area contributed by atoms with Crippen molar-refractivity contribution in [3.63, 3.8) is 0 Å². The van der Waals surface area contributed by atoms with Gasteiger partial charge in [-0.05, 0) is 13.8 Å². The molecule has 18 heavy (non-hydrogen) atoms. The van der Waals surface area contributed by atoms with Crippen LogP contribution in [0.2, 0.25) is 0 Å². The lowest BCUT2D eigenvalue weighted by Gasteiger charge is -2.34. The minimum atomic E-state index is -3.91. The molecule has 1 rings (SSSR count). The molecule has 1 aliphatic heterocycles. The fraction of sp³-hybridized carbons (Fsp3) is 0.889. The molecule has 1 heterocycles. The van der Waals surface area contributed by atoms with Crippen LogP contribution >= 0.6 is 11.6 Å². The summed E-state index contributed by atoms with van der Waals surface area (Å²) < 4.78 is 36.7. The molecular formula is C9H17ClN2O5S. The fourth-order valence-electron chi connectivity index (χ4n) is 1.61. The van der Waals surface area contributed by atoms with Crippen molar-refractivity contribution in [1.82, 2.24) is 9.03 Å². The van der Waals surface area contributed by atoms with Crippen molar-refractivity contribution in [1.29, 1.82) is 0 Å². The zero-order valence-electron chi connectivity index (χ0n) is 10.3. The number of halogens is 1. The summed E-state index contributed by atoms with van der Waals surface area (Å²) in [4.78, 5) is 11.1. The lowest BCUT2D eigenvalue weighted by atomic mass is 10.3. The molecule has 0 spiro atoms. The van der Waals surface area contributed by atoms with Gasteiger partial charge in [-0.3, -0.25) is 0 Å². The van der Waals surface area contributed by atoms with Crippen LogP contribution in [0, 0.1) is 0 Å². The van der Waals surface area contributed by atoms with E-state index in [1.54, 1.807) is 13.8 Å². The number of morpholine rings is 1. The van der Waals surface area contributed by atoms with E-state index in [-0.39, 0.29) is 37.8 Å². The third-order valence-electron chi connectivity index (χ3n) is 2.29. The predicted octanol–water partition coefficient (Wildman–Crippen LogP) is 0.305. The van der Waals surface area contributed by atoms with Crippen LogP contribution in [0.1, 0.15) is 13.8 Å². The number of nitrogens with zero attached hydrogens (tertiary/aromatic N) is 1. The third kappa shape index (κ3) is 4.27. The lowest BCUT2D eigenvalue weighted by Crippen LogP contribution is -2.54. The molecular weight excluding hydrogens is 284 g/mol. The second kappa shape index (κ2) is 6.55. The fourth-order valence-corrected chi connectivity index (χ4v) is 2.95. The molecule has 1 N–H and O–H groups in total. The lowest BCUT2D eigenvalue weighted by molar-refractivity contribution is -0.0426. The monoisotopic (exact) mass is 300 g/mol. The zero-order valence-corrected chi connectivity index (χ0v) is 11.8.